The molecule has 0 fully saturated rings. The van der Waals surface area contributed by atoms with Crippen molar-refractivity contribution in [1.29, 1.82) is 0 Å². The summed E-state index contributed by atoms with van der Waals surface area (Å²) in [5, 5.41) is 10.6. The molecule has 1 N–H and O–H groups in total. The first-order chi connectivity index (χ1) is 10.6. The Kier molecular flexibility index (Phi) is 4.28. The molecule has 2 atom stereocenters. The molecule has 2 nitrogen and oxygen atoms in total. The van der Waals surface area contributed by atoms with Gasteiger partial charge < -0.3 is 9.84 Å². The number of aryl methyl sites for hydroxylation is 1. The van der Waals surface area contributed by atoms with Crippen LogP contribution in [0.5, 0.6) is 11.5 Å². The van der Waals surface area contributed by atoms with Gasteiger partial charge in [0.2, 0.25) is 0 Å². The molecule has 1 unspecified atom stereocenters. The Balaban J connectivity index is 1.95. The van der Waals surface area contributed by atoms with Gasteiger partial charge >= 0.3 is 0 Å². The molecule has 0 radical (unpaired) electrons. The first-order valence-electron chi connectivity index (χ1n) is 8.50. The van der Waals surface area contributed by atoms with Crippen LogP contribution in [0, 0.1) is 5.92 Å². The Labute approximate surface area is 133 Å². The van der Waals surface area contributed by atoms with Crippen LogP contribution in [0.4, 0.5) is 0 Å². The second-order valence-electron chi connectivity index (χ2n) is 6.74. The summed E-state index contributed by atoms with van der Waals surface area (Å²) in [7, 11) is 0. The number of fused-ring (bicyclic) bond motifs is 3. The molecule has 0 aromatic heterocycles. The highest BCUT2D eigenvalue weighted by Crippen LogP contribution is 2.51. The third-order valence-electron chi connectivity index (χ3n) is 4.98. The van der Waals surface area contributed by atoms with Crippen molar-refractivity contribution in [2.75, 3.05) is 0 Å². The van der Waals surface area contributed by atoms with Gasteiger partial charge in [-0.25, -0.2) is 0 Å². The summed E-state index contributed by atoms with van der Waals surface area (Å²) in [4.78, 5) is 0. The minimum atomic E-state index is 0.217. The number of hydrogen-bond donors (Lipinski definition) is 1. The third-order valence-corrected chi connectivity index (χ3v) is 4.98. The van der Waals surface area contributed by atoms with Crippen LogP contribution < -0.4 is 4.74 Å². The monoisotopic (exact) mass is 298 g/mol. The van der Waals surface area contributed by atoms with Gasteiger partial charge in [0.25, 0.3) is 0 Å². The molecule has 1 aliphatic heterocycles. The zero-order chi connectivity index (χ0) is 15.7. The summed E-state index contributed by atoms with van der Waals surface area (Å²) in [6, 6.07) is 4.03. The number of hydrogen-bond acceptors (Lipinski definition) is 2. The van der Waals surface area contributed by atoms with E-state index in [9.17, 15) is 5.11 Å². The molecular formula is C20H26O2. The molecule has 1 aromatic rings. The van der Waals surface area contributed by atoms with Crippen LogP contribution in [0.2, 0.25) is 0 Å². The molecule has 118 valence electrons. The molecule has 1 aliphatic carbocycles. The Bertz CT molecular complexity index is 612. The van der Waals surface area contributed by atoms with Crippen molar-refractivity contribution in [2.45, 2.75) is 58.3 Å². The topological polar surface area (TPSA) is 29.5 Å². The van der Waals surface area contributed by atoms with Crippen molar-refractivity contribution in [2.24, 2.45) is 5.92 Å². The van der Waals surface area contributed by atoms with Crippen LogP contribution in [-0.4, -0.2) is 5.11 Å². The van der Waals surface area contributed by atoms with Crippen LogP contribution in [0.15, 0.2) is 36.1 Å². The third kappa shape index (κ3) is 2.79. The van der Waals surface area contributed by atoms with Gasteiger partial charge in [-0.3, -0.25) is 0 Å². The first-order valence-corrected chi connectivity index (χ1v) is 8.50. The van der Waals surface area contributed by atoms with E-state index in [2.05, 4.69) is 32.6 Å². The summed E-state index contributed by atoms with van der Waals surface area (Å²) in [6.45, 7) is 8.50. The predicted molar refractivity (Wildman–Crippen MR) is 90.3 cm³/mol. The molecule has 0 saturated heterocycles. The predicted octanol–water partition coefficient (Wildman–Crippen LogP) is 5.47. The van der Waals surface area contributed by atoms with Gasteiger partial charge in [-0.15, -0.1) is 0 Å². The molecule has 3 rings (SSSR count). The van der Waals surface area contributed by atoms with Gasteiger partial charge in [-0.1, -0.05) is 38.0 Å². The molecule has 0 spiro atoms. The average Bonchev–Trinajstić information content (AvgIpc) is 2.46. The quantitative estimate of drug-likeness (QED) is 0.590. The number of allylic oxidation sites excluding steroid dienone is 3. The zero-order valence-electron chi connectivity index (χ0n) is 13.7. The summed E-state index contributed by atoms with van der Waals surface area (Å²) in [5.41, 5.74) is 3.51. The summed E-state index contributed by atoms with van der Waals surface area (Å²) in [6.07, 6.45) is 9.01. The van der Waals surface area contributed by atoms with Crippen LogP contribution in [0.1, 0.15) is 63.0 Å². The van der Waals surface area contributed by atoms with Crippen LogP contribution in [-0.2, 0) is 6.42 Å². The molecule has 22 heavy (non-hydrogen) atoms. The van der Waals surface area contributed by atoms with E-state index in [0.717, 1.165) is 48.3 Å². The first kappa shape index (κ1) is 15.2. The minimum Gasteiger partial charge on any atom is -0.507 e. The van der Waals surface area contributed by atoms with E-state index in [-0.39, 0.29) is 5.92 Å². The van der Waals surface area contributed by atoms with E-state index in [1.807, 2.05) is 6.07 Å². The van der Waals surface area contributed by atoms with E-state index in [0.29, 0.717) is 11.7 Å². The number of phenolic OH excluding ortho intramolecular Hbond substituents is 1. The van der Waals surface area contributed by atoms with Gasteiger partial charge in [-0.05, 0) is 50.3 Å². The maximum Gasteiger partial charge on any atom is 0.134 e. The van der Waals surface area contributed by atoms with Crippen molar-refractivity contribution in [3.05, 3.63) is 47.2 Å². The fourth-order valence-corrected chi connectivity index (χ4v) is 3.74. The highest BCUT2D eigenvalue weighted by atomic mass is 16.5. The average molecular weight is 298 g/mol. The molecule has 1 heterocycles. The number of rotatable bonds is 4. The second kappa shape index (κ2) is 6.20. The minimum absolute atomic E-state index is 0.217. The lowest BCUT2D eigenvalue weighted by molar-refractivity contribution is 0.275. The molecule has 2 heteroatoms. The maximum absolute atomic E-state index is 10.6. The molecular weight excluding hydrogens is 272 g/mol. The fraction of sp³-hybridized carbons (Fsp3) is 0.500. The number of aromatic hydroxyl groups is 1. The SMILES string of the molecule is C=C1Oc2cc(CCCCC)cc(O)c2[C@@H]2C=C(C)CCC12. The summed E-state index contributed by atoms with van der Waals surface area (Å²) >= 11 is 0. The van der Waals surface area contributed by atoms with Crippen molar-refractivity contribution in [3.8, 4) is 11.5 Å². The van der Waals surface area contributed by atoms with Crippen molar-refractivity contribution in [1.82, 2.24) is 0 Å². The highest BCUT2D eigenvalue weighted by Gasteiger charge is 2.36. The van der Waals surface area contributed by atoms with E-state index in [1.54, 1.807) is 0 Å². The molecule has 0 amide bonds. The van der Waals surface area contributed by atoms with Gasteiger partial charge in [0.15, 0.2) is 0 Å². The van der Waals surface area contributed by atoms with E-state index >= 15 is 0 Å². The fourth-order valence-electron chi connectivity index (χ4n) is 3.74. The normalized spacial score (nSPS) is 23.4. The van der Waals surface area contributed by atoms with E-state index in [4.69, 9.17) is 4.74 Å². The standard InChI is InChI=1S/C20H26O2/c1-4-5-6-7-15-11-18(21)20-17-10-13(2)8-9-16(17)14(3)22-19(20)12-15/h10-12,16-17,21H,3-9H2,1-2H3/t16?,17-/m1/s1. The second-order valence-corrected chi connectivity index (χ2v) is 6.74. The molecule has 0 bridgehead atoms. The smallest absolute Gasteiger partial charge is 0.134 e. The number of benzene rings is 1. The summed E-state index contributed by atoms with van der Waals surface area (Å²) < 4.78 is 5.98. The number of unbranched alkanes of at least 4 members (excludes halogenated alkanes) is 2. The van der Waals surface area contributed by atoms with Crippen LogP contribution >= 0.6 is 0 Å². The highest BCUT2D eigenvalue weighted by molar-refractivity contribution is 5.54. The zero-order valence-corrected chi connectivity index (χ0v) is 13.7. The van der Waals surface area contributed by atoms with Crippen LogP contribution in [0.3, 0.4) is 0 Å². The number of ether oxygens (including phenoxy) is 1. The molecule has 2 aliphatic rings. The lowest BCUT2D eigenvalue weighted by atomic mass is 9.74. The summed E-state index contributed by atoms with van der Waals surface area (Å²) in [5.74, 6) is 2.57. The maximum atomic E-state index is 10.6. The van der Waals surface area contributed by atoms with Gasteiger partial charge in [0, 0.05) is 17.4 Å². The van der Waals surface area contributed by atoms with Crippen LogP contribution in [0.25, 0.3) is 0 Å². The lowest BCUT2D eigenvalue weighted by Crippen LogP contribution is -2.25. The van der Waals surface area contributed by atoms with Gasteiger partial charge in [-0.2, -0.15) is 0 Å². The Morgan fingerprint density at radius 1 is 1.32 bits per heavy atom. The van der Waals surface area contributed by atoms with Crippen molar-refractivity contribution >= 4 is 0 Å². The Morgan fingerprint density at radius 3 is 2.91 bits per heavy atom. The Hall–Kier alpha value is -1.70. The number of phenols is 1. The molecule has 1 aromatic carbocycles. The largest absolute Gasteiger partial charge is 0.507 e. The van der Waals surface area contributed by atoms with Crippen molar-refractivity contribution in [3.63, 3.8) is 0 Å². The van der Waals surface area contributed by atoms with Gasteiger partial charge in [0.05, 0.1) is 0 Å². The Morgan fingerprint density at radius 2 is 2.14 bits per heavy atom. The van der Waals surface area contributed by atoms with E-state index in [1.165, 1.54) is 18.4 Å². The molecule has 0 saturated carbocycles. The lowest BCUT2D eigenvalue weighted by Gasteiger charge is -2.37. The van der Waals surface area contributed by atoms with Gasteiger partial charge in [0.1, 0.15) is 17.3 Å². The van der Waals surface area contributed by atoms with Crippen molar-refractivity contribution < 1.29 is 9.84 Å². The van der Waals surface area contributed by atoms with E-state index < -0.39 is 0 Å².